The smallest absolute Gasteiger partial charge is 0.335 e. The van der Waals surface area contributed by atoms with Crippen LogP contribution in [0, 0.1) is 5.82 Å². The molecule has 0 amide bonds. The topological polar surface area (TPSA) is 90.7 Å². The van der Waals surface area contributed by atoms with E-state index in [4.69, 9.17) is 0 Å². The summed E-state index contributed by atoms with van der Waals surface area (Å²) in [6.07, 6.45) is 1.22. The first-order chi connectivity index (χ1) is 10.9. The van der Waals surface area contributed by atoms with Gasteiger partial charge in [-0.15, -0.1) is 0 Å². The minimum atomic E-state index is -0.815. The molecule has 0 saturated heterocycles. The van der Waals surface area contributed by atoms with Crippen molar-refractivity contribution in [2.45, 2.75) is 0 Å². The van der Waals surface area contributed by atoms with Gasteiger partial charge in [0.15, 0.2) is 0 Å². The number of likely N-dealkylation sites (N-methyl/N-ethyl adjacent to an activating group) is 1. The Morgan fingerprint density at radius 3 is 2.57 bits per heavy atom. The fourth-order valence-electron chi connectivity index (χ4n) is 1.90. The van der Waals surface area contributed by atoms with Crippen LogP contribution in [-0.4, -0.2) is 53.0 Å². The Kier molecular flexibility index (Phi) is 5.07. The maximum Gasteiger partial charge on any atom is 0.335 e. The highest BCUT2D eigenvalue weighted by Gasteiger charge is 2.14. The second-order valence-electron chi connectivity index (χ2n) is 5.15. The van der Waals surface area contributed by atoms with Crippen LogP contribution in [0.1, 0.15) is 5.56 Å². The number of halogens is 1. The molecule has 122 valence electrons. The summed E-state index contributed by atoms with van der Waals surface area (Å²) in [5, 5.41) is 10.2. The van der Waals surface area contributed by atoms with Gasteiger partial charge in [-0.25, -0.2) is 13.8 Å². The van der Waals surface area contributed by atoms with Crippen molar-refractivity contribution >= 4 is 6.21 Å². The largest absolute Gasteiger partial charge is 0.493 e. The van der Waals surface area contributed by atoms with Crippen LogP contribution in [-0.2, 0) is 0 Å². The van der Waals surface area contributed by atoms with E-state index in [9.17, 15) is 19.1 Å². The molecule has 0 aliphatic carbocycles. The third-order valence-electron chi connectivity index (χ3n) is 3.10. The van der Waals surface area contributed by atoms with Gasteiger partial charge in [0, 0.05) is 12.8 Å². The molecule has 1 heterocycles. The molecule has 2 rings (SSSR count). The maximum atomic E-state index is 13.0. The number of aromatic nitrogens is 2. The quantitative estimate of drug-likeness (QED) is 0.778. The van der Waals surface area contributed by atoms with Gasteiger partial charge < -0.3 is 10.0 Å². The standard InChI is InChI=1S/C15H17FN4O3/c1-19(2)8-7-17-9-12-13(21)18-15(23)20(14(12)22)11-5-3-10(16)4-6-11/h3-6,9,22H,7-8H2,1-2H3,(H,18,21,23). The van der Waals surface area contributed by atoms with E-state index in [2.05, 4.69) is 9.98 Å². The number of aromatic amines is 1. The van der Waals surface area contributed by atoms with Crippen molar-refractivity contribution in [1.29, 1.82) is 0 Å². The molecule has 2 aromatic rings. The molecular weight excluding hydrogens is 303 g/mol. The van der Waals surface area contributed by atoms with Crippen molar-refractivity contribution < 1.29 is 9.50 Å². The lowest BCUT2D eigenvalue weighted by Gasteiger charge is -2.09. The number of aliphatic imine (C=N–C) groups is 1. The fourth-order valence-corrected chi connectivity index (χ4v) is 1.90. The predicted molar refractivity (Wildman–Crippen MR) is 85.3 cm³/mol. The predicted octanol–water partition coefficient (Wildman–Crippen LogP) is 0.351. The first-order valence-corrected chi connectivity index (χ1v) is 6.89. The van der Waals surface area contributed by atoms with Crippen LogP contribution in [0.2, 0.25) is 0 Å². The Bertz CT molecular complexity index is 822. The van der Waals surface area contributed by atoms with Gasteiger partial charge in [-0.3, -0.25) is 14.8 Å². The highest BCUT2D eigenvalue weighted by Crippen LogP contribution is 2.15. The molecular formula is C15H17FN4O3. The molecule has 0 bridgehead atoms. The van der Waals surface area contributed by atoms with Crippen molar-refractivity contribution in [3.63, 3.8) is 0 Å². The molecule has 23 heavy (non-hydrogen) atoms. The number of aromatic hydroxyl groups is 1. The Labute approximate surface area is 131 Å². The zero-order valence-corrected chi connectivity index (χ0v) is 12.8. The molecule has 1 aromatic heterocycles. The second kappa shape index (κ2) is 7.01. The van der Waals surface area contributed by atoms with Crippen LogP contribution in [0.15, 0.2) is 38.8 Å². The van der Waals surface area contributed by atoms with Gasteiger partial charge >= 0.3 is 5.69 Å². The first-order valence-electron chi connectivity index (χ1n) is 6.89. The molecule has 0 spiro atoms. The average Bonchev–Trinajstić information content (AvgIpc) is 2.47. The molecule has 1 aromatic carbocycles. The van der Waals surface area contributed by atoms with Gasteiger partial charge in [-0.1, -0.05) is 0 Å². The van der Waals surface area contributed by atoms with E-state index in [1.54, 1.807) is 0 Å². The number of hydrogen-bond acceptors (Lipinski definition) is 5. The van der Waals surface area contributed by atoms with E-state index in [0.29, 0.717) is 13.1 Å². The van der Waals surface area contributed by atoms with E-state index < -0.39 is 22.9 Å². The molecule has 2 N–H and O–H groups in total. The van der Waals surface area contributed by atoms with Crippen molar-refractivity contribution in [2.75, 3.05) is 27.2 Å². The zero-order valence-electron chi connectivity index (χ0n) is 12.8. The molecule has 0 fully saturated rings. The molecule has 0 unspecified atom stereocenters. The lowest BCUT2D eigenvalue weighted by atomic mass is 10.3. The van der Waals surface area contributed by atoms with Crippen LogP contribution < -0.4 is 11.2 Å². The molecule has 8 heteroatoms. The van der Waals surface area contributed by atoms with E-state index in [-0.39, 0.29) is 11.3 Å². The van der Waals surface area contributed by atoms with Gasteiger partial charge in [0.25, 0.3) is 5.56 Å². The number of rotatable bonds is 5. The van der Waals surface area contributed by atoms with Crippen LogP contribution in [0.5, 0.6) is 5.88 Å². The minimum absolute atomic E-state index is 0.132. The summed E-state index contributed by atoms with van der Waals surface area (Å²) in [7, 11) is 3.77. The summed E-state index contributed by atoms with van der Waals surface area (Å²) < 4.78 is 13.9. The van der Waals surface area contributed by atoms with Gasteiger partial charge in [0.2, 0.25) is 5.88 Å². The summed E-state index contributed by atoms with van der Waals surface area (Å²) >= 11 is 0. The van der Waals surface area contributed by atoms with Crippen LogP contribution in [0.3, 0.4) is 0 Å². The Morgan fingerprint density at radius 1 is 1.30 bits per heavy atom. The SMILES string of the molecule is CN(C)CCN=Cc1c(O)n(-c2ccc(F)cc2)c(=O)[nH]c1=O. The molecule has 0 saturated carbocycles. The number of benzene rings is 1. The third kappa shape index (κ3) is 3.92. The van der Waals surface area contributed by atoms with Crippen molar-refractivity contribution in [2.24, 2.45) is 4.99 Å². The Hall–Kier alpha value is -2.74. The van der Waals surface area contributed by atoms with Crippen molar-refractivity contribution in [3.05, 3.63) is 56.5 Å². The highest BCUT2D eigenvalue weighted by atomic mass is 19.1. The number of nitrogens with one attached hydrogen (secondary N) is 1. The summed E-state index contributed by atoms with van der Waals surface area (Å²) in [6, 6.07) is 4.94. The number of H-pyrrole nitrogens is 1. The Balaban J connectivity index is 2.45. The van der Waals surface area contributed by atoms with Crippen LogP contribution in [0.4, 0.5) is 4.39 Å². The monoisotopic (exact) mass is 320 g/mol. The summed E-state index contributed by atoms with van der Waals surface area (Å²) in [4.78, 5) is 31.8. The summed E-state index contributed by atoms with van der Waals surface area (Å²) in [5.74, 6) is -1.02. The molecule has 0 aliphatic heterocycles. The van der Waals surface area contributed by atoms with Crippen molar-refractivity contribution in [3.8, 4) is 11.6 Å². The third-order valence-corrected chi connectivity index (χ3v) is 3.10. The van der Waals surface area contributed by atoms with Crippen LogP contribution >= 0.6 is 0 Å². The minimum Gasteiger partial charge on any atom is -0.493 e. The maximum absolute atomic E-state index is 13.0. The average molecular weight is 320 g/mol. The van der Waals surface area contributed by atoms with E-state index in [1.165, 1.54) is 18.3 Å². The molecule has 0 atom stereocenters. The van der Waals surface area contributed by atoms with Crippen LogP contribution in [0.25, 0.3) is 5.69 Å². The van der Waals surface area contributed by atoms with Crippen molar-refractivity contribution in [1.82, 2.24) is 14.5 Å². The normalized spacial score (nSPS) is 11.5. The number of nitrogens with zero attached hydrogens (tertiary/aromatic N) is 3. The summed E-state index contributed by atoms with van der Waals surface area (Å²) in [5.41, 5.74) is -1.45. The van der Waals surface area contributed by atoms with E-state index in [1.807, 2.05) is 19.0 Å². The molecule has 7 nitrogen and oxygen atoms in total. The van der Waals surface area contributed by atoms with Gasteiger partial charge in [0.1, 0.15) is 11.4 Å². The molecule has 0 aliphatic rings. The summed E-state index contributed by atoms with van der Waals surface area (Å²) in [6.45, 7) is 1.11. The second-order valence-corrected chi connectivity index (χ2v) is 5.15. The fraction of sp³-hybridized carbons (Fsp3) is 0.267. The number of hydrogen-bond donors (Lipinski definition) is 2. The lowest BCUT2D eigenvalue weighted by molar-refractivity contribution is 0.420. The Morgan fingerprint density at radius 2 is 1.96 bits per heavy atom. The van der Waals surface area contributed by atoms with E-state index in [0.717, 1.165) is 16.7 Å². The van der Waals surface area contributed by atoms with Gasteiger partial charge in [-0.05, 0) is 38.4 Å². The highest BCUT2D eigenvalue weighted by molar-refractivity contribution is 5.82. The lowest BCUT2D eigenvalue weighted by Crippen LogP contribution is -2.31. The first kappa shape index (κ1) is 16.6. The van der Waals surface area contributed by atoms with Gasteiger partial charge in [-0.2, -0.15) is 0 Å². The molecule has 0 radical (unpaired) electrons. The van der Waals surface area contributed by atoms with Gasteiger partial charge in [0.05, 0.1) is 12.2 Å². The van der Waals surface area contributed by atoms with E-state index >= 15 is 0 Å². The zero-order chi connectivity index (χ0) is 17.0.